The van der Waals surface area contributed by atoms with Gasteiger partial charge in [0, 0.05) is 32.6 Å². The summed E-state index contributed by atoms with van der Waals surface area (Å²) in [5.74, 6) is -0.288. The van der Waals surface area contributed by atoms with Gasteiger partial charge in [0.2, 0.25) is 5.91 Å². The van der Waals surface area contributed by atoms with Crippen molar-refractivity contribution in [2.75, 3.05) is 20.2 Å². The molecule has 0 aliphatic carbocycles. The third kappa shape index (κ3) is 3.91. The summed E-state index contributed by atoms with van der Waals surface area (Å²) in [6.45, 7) is 4.20. The van der Waals surface area contributed by atoms with Crippen LogP contribution in [-0.4, -0.2) is 46.1 Å². The Labute approximate surface area is 158 Å². The fraction of sp³-hybridized carbons (Fsp3) is 0.550. The summed E-state index contributed by atoms with van der Waals surface area (Å²) < 4.78 is 8.26. The average Bonchev–Trinajstić information content (AvgIpc) is 2.97. The van der Waals surface area contributed by atoms with E-state index in [1.54, 1.807) is 14.0 Å². The molecule has 7 heteroatoms. The molecule has 146 valence electrons. The molecular formula is C20H27N3O4. The molecule has 0 bridgehead atoms. The number of benzene rings is 1. The molecule has 1 fully saturated rings. The van der Waals surface area contributed by atoms with Gasteiger partial charge in [0.25, 0.3) is 0 Å². The lowest BCUT2D eigenvalue weighted by Crippen LogP contribution is -2.41. The Kier molecular flexibility index (Phi) is 5.98. The van der Waals surface area contributed by atoms with E-state index in [-0.39, 0.29) is 29.9 Å². The van der Waals surface area contributed by atoms with Crippen LogP contribution in [-0.2, 0) is 27.4 Å². The first-order valence-corrected chi connectivity index (χ1v) is 9.60. The van der Waals surface area contributed by atoms with E-state index in [1.807, 2.05) is 31.2 Å². The van der Waals surface area contributed by atoms with Gasteiger partial charge in [-0.05, 0) is 31.4 Å². The molecule has 2 aromatic rings. The fourth-order valence-corrected chi connectivity index (χ4v) is 3.83. The van der Waals surface area contributed by atoms with Crippen LogP contribution >= 0.6 is 0 Å². The van der Waals surface area contributed by atoms with Crippen molar-refractivity contribution in [1.82, 2.24) is 14.0 Å². The van der Waals surface area contributed by atoms with Crippen LogP contribution in [0.4, 0.5) is 0 Å². The molecule has 0 radical (unpaired) electrons. The quantitative estimate of drug-likeness (QED) is 0.726. The maximum absolute atomic E-state index is 12.8. The summed E-state index contributed by atoms with van der Waals surface area (Å²) in [4.78, 5) is 38.7. The van der Waals surface area contributed by atoms with E-state index < -0.39 is 0 Å². The molecule has 0 atom stereocenters. The highest BCUT2D eigenvalue weighted by molar-refractivity contribution is 5.78. The van der Waals surface area contributed by atoms with Crippen molar-refractivity contribution in [3.63, 3.8) is 0 Å². The van der Waals surface area contributed by atoms with Gasteiger partial charge in [-0.25, -0.2) is 4.79 Å². The van der Waals surface area contributed by atoms with Gasteiger partial charge in [-0.3, -0.25) is 18.7 Å². The maximum Gasteiger partial charge on any atom is 0.329 e. The number of nitrogens with zero attached hydrogens (tertiary/aromatic N) is 3. The van der Waals surface area contributed by atoms with E-state index in [9.17, 15) is 14.4 Å². The number of fused-ring (bicyclic) bond motifs is 1. The van der Waals surface area contributed by atoms with E-state index >= 15 is 0 Å². The minimum absolute atomic E-state index is 0.0255. The molecular weight excluding hydrogens is 346 g/mol. The van der Waals surface area contributed by atoms with Gasteiger partial charge in [0.15, 0.2) is 0 Å². The molecule has 0 saturated carbocycles. The molecule has 2 heterocycles. The summed E-state index contributed by atoms with van der Waals surface area (Å²) in [5, 5.41) is 0. The Morgan fingerprint density at radius 3 is 2.22 bits per heavy atom. The molecule has 0 unspecified atom stereocenters. The van der Waals surface area contributed by atoms with Gasteiger partial charge in [0.05, 0.1) is 24.1 Å². The number of methoxy groups -OCH3 is 1. The first kappa shape index (κ1) is 19.2. The fourth-order valence-electron chi connectivity index (χ4n) is 3.83. The van der Waals surface area contributed by atoms with Gasteiger partial charge >= 0.3 is 11.7 Å². The number of aryl methyl sites for hydroxylation is 2. The number of ether oxygens (including phenoxy) is 1. The number of rotatable bonds is 6. The van der Waals surface area contributed by atoms with E-state index in [0.29, 0.717) is 39.0 Å². The summed E-state index contributed by atoms with van der Waals surface area (Å²) >= 11 is 0. The van der Waals surface area contributed by atoms with E-state index in [1.165, 1.54) is 7.11 Å². The number of para-hydroxylation sites is 2. The second-order valence-electron chi connectivity index (χ2n) is 7.00. The second-order valence-corrected chi connectivity index (χ2v) is 7.00. The number of imidazole rings is 1. The van der Waals surface area contributed by atoms with Crippen molar-refractivity contribution in [3.05, 3.63) is 34.7 Å². The monoisotopic (exact) mass is 373 g/mol. The van der Waals surface area contributed by atoms with Crippen LogP contribution in [0.2, 0.25) is 0 Å². The van der Waals surface area contributed by atoms with E-state index in [0.717, 1.165) is 17.5 Å². The number of carbonyl (C=O) groups is 2. The van der Waals surface area contributed by atoms with Crippen LogP contribution < -0.4 is 5.69 Å². The van der Waals surface area contributed by atoms with Crippen molar-refractivity contribution in [1.29, 1.82) is 0 Å². The molecule has 27 heavy (non-hydrogen) atoms. The number of likely N-dealkylation sites (tertiary alicyclic amines) is 1. The van der Waals surface area contributed by atoms with Crippen LogP contribution in [0.3, 0.4) is 0 Å². The number of esters is 1. The third-order valence-electron chi connectivity index (χ3n) is 5.30. The van der Waals surface area contributed by atoms with Crippen LogP contribution in [0.1, 0.15) is 32.6 Å². The van der Waals surface area contributed by atoms with Crippen molar-refractivity contribution in [3.8, 4) is 0 Å². The summed E-state index contributed by atoms with van der Waals surface area (Å²) in [6, 6.07) is 7.71. The minimum atomic E-state index is -0.197. The average molecular weight is 373 g/mol. The molecule has 7 nitrogen and oxygen atoms in total. The number of amides is 1. The van der Waals surface area contributed by atoms with Crippen molar-refractivity contribution < 1.29 is 14.3 Å². The highest BCUT2D eigenvalue weighted by Crippen LogP contribution is 2.19. The molecule has 1 aromatic carbocycles. The zero-order valence-corrected chi connectivity index (χ0v) is 16.0. The lowest BCUT2D eigenvalue weighted by Gasteiger charge is -2.30. The molecule has 1 aromatic heterocycles. The Bertz CT molecular complexity index is 875. The Morgan fingerprint density at radius 1 is 1.07 bits per heavy atom. The smallest absolute Gasteiger partial charge is 0.329 e. The molecule has 1 aliphatic rings. The van der Waals surface area contributed by atoms with Crippen LogP contribution in [0.25, 0.3) is 11.0 Å². The Hall–Kier alpha value is -2.57. The zero-order valence-electron chi connectivity index (χ0n) is 16.0. The summed E-state index contributed by atoms with van der Waals surface area (Å²) in [5.41, 5.74) is 1.72. The molecule has 0 N–H and O–H groups in total. The molecule has 1 amide bonds. The Balaban J connectivity index is 1.67. The summed E-state index contributed by atoms with van der Waals surface area (Å²) in [7, 11) is 1.40. The second kappa shape index (κ2) is 8.41. The van der Waals surface area contributed by atoms with Crippen molar-refractivity contribution in [2.45, 2.75) is 45.7 Å². The number of hydrogen-bond donors (Lipinski definition) is 0. The van der Waals surface area contributed by atoms with Gasteiger partial charge in [-0.2, -0.15) is 0 Å². The molecule has 3 rings (SSSR count). The van der Waals surface area contributed by atoms with Crippen LogP contribution in [0.5, 0.6) is 0 Å². The SMILES string of the molecule is CCCn1c(=O)n(CCC(=O)N2CCC(C(=O)OC)CC2)c2ccccc21. The van der Waals surface area contributed by atoms with Gasteiger partial charge < -0.3 is 9.64 Å². The predicted octanol–water partition coefficient (Wildman–Crippen LogP) is 2.01. The molecule has 0 spiro atoms. The number of carbonyl (C=O) groups excluding carboxylic acids is 2. The first-order valence-electron chi connectivity index (χ1n) is 9.60. The zero-order chi connectivity index (χ0) is 19.4. The number of piperidine rings is 1. The van der Waals surface area contributed by atoms with Gasteiger partial charge in [0.1, 0.15) is 0 Å². The Morgan fingerprint density at radius 2 is 1.67 bits per heavy atom. The number of hydrogen-bond acceptors (Lipinski definition) is 4. The van der Waals surface area contributed by atoms with E-state index in [4.69, 9.17) is 4.74 Å². The molecule has 1 aliphatic heterocycles. The summed E-state index contributed by atoms with van der Waals surface area (Å²) in [6.07, 6.45) is 2.42. The lowest BCUT2D eigenvalue weighted by atomic mass is 9.97. The highest BCUT2D eigenvalue weighted by Gasteiger charge is 2.27. The lowest BCUT2D eigenvalue weighted by molar-refractivity contribution is -0.148. The molecule has 1 saturated heterocycles. The van der Waals surface area contributed by atoms with Crippen molar-refractivity contribution in [2.24, 2.45) is 5.92 Å². The van der Waals surface area contributed by atoms with Crippen molar-refractivity contribution >= 4 is 22.9 Å². The first-order chi connectivity index (χ1) is 13.1. The maximum atomic E-state index is 12.8. The van der Waals surface area contributed by atoms with Crippen LogP contribution in [0.15, 0.2) is 29.1 Å². The topological polar surface area (TPSA) is 73.5 Å². The number of aromatic nitrogens is 2. The predicted molar refractivity (Wildman–Crippen MR) is 102 cm³/mol. The van der Waals surface area contributed by atoms with Gasteiger partial charge in [-0.1, -0.05) is 19.1 Å². The highest BCUT2D eigenvalue weighted by atomic mass is 16.5. The largest absolute Gasteiger partial charge is 0.469 e. The van der Waals surface area contributed by atoms with E-state index in [2.05, 4.69) is 0 Å². The minimum Gasteiger partial charge on any atom is -0.469 e. The normalized spacial score (nSPS) is 15.3. The standard InChI is InChI=1S/C20H27N3O4/c1-3-11-22-16-6-4-5-7-17(16)23(20(22)26)14-10-18(24)21-12-8-15(9-13-21)19(25)27-2/h4-7,15H,3,8-14H2,1-2H3. The third-order valence-corrected chi connectivity index (χ3v) is 5.30. The van der Waals surface area contributed by atoms with Gasteiger partial charge in [-0.15, -0.1) is 0 Å². The van der Waals surface area contributed by atoms with Crippen LogP contribution in [0, 0.1) is 5.92 Å².